The molecule has 0 unspecified atom stereocenters. The van der Waals surface area contributed by atoms with Gasteiger partial charge < -0.3 is 0 Å². The van der Waals surface area contributed by atoms with Gasteiger partial charge in [0.25, 0.3) is 0 Å². The van der Waals surface area contributed by atoms with Gasteiger partial charge in [0.15, 0.2) is 18.6 Å². The molecule has 2 rings (SSSR count). The third kappa shape index (κ3) is 1.37. The number of aromatic nitrogens is 4. The van der Waals surface area contributed by atoms with Crippen LogP contribution in [0.15, 0.2) is 6.20 Å². The summed E-state index contributed by atoms with van der Waals surface area (Å²) in [6, 6.07) is 0. The monoisotopic (exact) mass is 208 g/mol. The zero-order valence-electron chi connectivity index (χ0n) is 8.32. The summed E-state index contributed by atoms with van der Waals surface area (Å²) in [5.41, 5.74) is 1.49. The lowest BCUT2D eigenvalue weighted by Crippen LogP contribution is -2.12. The molecule has 72 valence electrons. The summed E-state index contributed by atoms with van der Waals surface area (Å²) in [6.45, 7) is 4.14. The number of hydrogen-bond donors (Lipinski definition) is 0. The Balaban J connectivity index is 2.78. The van der Waals surface area contributed by atoms with E-state index >= 15 is 0 Å². The van der Waals surface area contributed by atoms with Gasteiger partial charge in [-0.25, -0.2) is 4.98 Å². The van der Waals surface area contributed by atoms with Crippen molar-refractivity contribution in [2.75, 3.05) is 0 Å². The molecule has 6 heteroatoms. The number of fused-ring (bicyclic) bond motifs is 1. The Bertz CT molecular complexity index is 479. The zero-order valence-corrected chi connectivity index (χ0v) is 9.08. The molecule has 0 spiro atoms. The minimum Gasteiger partial charge on any atom is -0.283 e. The Labute approximate surface area is 87.7 Å². The van der Waals surface area contributed by atoms with E-state index in [0.717, 1.165) is 11.4 Å². The van der Waals surface area contributed by atoms with E-state index < -0.39 is 0 Å². The van der Waals surface area contributed by atoms with Gasteiger partial charge in [-0.15, -0.1) is 10.2 Å². The van der Waals surface area contributed by atoms with Gasteiger partial charge in [0, 0.05) is 17.7 Å². The van der Waals surface area contributed by atoms with Crippen LogP contribution >= 0.6 is 11.6 Å². The van der Waals surface area contributed by atoms with E-state index in [-0.39, 0.29) is 0 Å². The topological polar surface area (TPSA) is 43.1 Å². The second kappa shape index (κ2) is 3.24. The van der Waals surface area contributed by atoms with Crippen LogP contribution < -0.4 is 5.59 Å². The quantitative estimate of drug-likeness (QED) is 0.627. The third-order valence-corrected chi connectivity index (χ3v) is 2.27. The van der Waals surface area contributed by atoms with E-state index in [1.165, 1.54) is 0 Å². The Morgan fingerprint density at radius 3 is 2.79 bits per heavy atom. The molecule has 0 aliphatic carbocycles. The summed E-state index contributed by atoms with van der Waals surface area (Å²) in [5, 5.41) is 8.49. The van der Waals surface area contributed by atoms with Crippen LogP contribution in [-0.4, -0.2) is 27.4 Å². The van der Waals surface area contributed by atoms with Gasteiger partial charge in [0.2, 0.25) is 0 Å². The van der Waals surface area contributed by atoms with Crippen molar-refractivity contribution in [2.45, 2.75) is 19.8 Å². The fraction of sp³-hybridized carbons (Fsp3) is 0.375. The Hall–Kier alpha value is -1.10. The number of rotatable bonds is 1. The fourth-order valence-electron chi connectivity index (χ4n) is 1.39. The van der Waals surface area contributed by atoms with E-state index in [2.05, 4.69) is 29.0 Å². The Kier molecular flexibility index (Phi) is 2.19. The highest BCUT2D eigenvalue weighted by Gasteiger charge is 2.12. The second-order valence-electron chi connectivity index (χ2n) is 3.58. The molecule has 0 saturated heterocycles. The van der Waals surface area contributed by atoms with Gasteiger partial charge >= 0.3 is 0 Å². The molecular weight excluding hydrogens is 198 g/mol. The maximum absolute atomic E-state index is 5.95. The summed E-state index contributed by atoms with van der Waals surface area (Å²) in [5.74, 6) is 1.23. The predicted molar refractivity (Wildman–Crippen MR) is 58.1 cm³/mol. The smallest absolute Gasteiger partial charge is 0.198 e. The van der Waals surface area contributed by atoms with Crippen molar-refractivity contribution >= 4 is 30.7 Å². The molecule has 0 aliphatic heterocycles. The van der Waals surface area contributed by atoms with E-state index in [9.17, 15) is 0 Å². The van der Waals surface area contributed by atoms with Crippen molar-refractivity contribution in [1.29, 1.82) is 0 Å². The minimum atomic E-state index is 0.322. The highest BCUT2D eigenvalue weighted by Crippen LogP contribution is 2.16. The van der Waals surface area contributed by atoms with Gasteiger partial charge in [-0.3, -0.25) is 4.40 Å². The van der Waals surface area contributed by atoms with Crippen LogP contribution in [0.25, 0.3) is 5.65 Å². The van der Waals surface area contributed by atoms with Crippen LogP contribution in [0.4, 0.5) is 0 Å². The van der Waals surface area contributed by atoms with Crippen LogP contribution in [0.5, 0.6) is 0 Å². The van der Waals surface area contributed by atoms with Crippen molar-refractivity contribution in [3.05, 3.63) is 17.2 Å². The van der Waals surface area contributed by atoms with Gasteiger partial charge in [-0.1, -0.05) is 25.4 Å². The number of hydrogen-bond acceptors (Lipinski definition) is 3. The first kappa shape index (κ1) is 9.46. The van der Waals surface area contributed by atoms with Crippen LogP contribution in [0, 0.1) is 0 Å². The molecule has 0 saturated carbocycles. The number of nitrogens with zero attached hydrogens (tertiary/aromatic N) is 4. The van der Waals surface area contributed by atoms with Gasteiger partial charge in [0.05, 0.1) is 0 Å². The van der Waals surface area contributed by atoms with Crippen molar-refractivity contribution in [2.24, 2.45) is 0 Å². The second-order valence-corrected chi connectivity index (χ2v) is 3.94. The molecule has 0 bridgehead atoms. The molecule has 0 radical (unpaired) electrons. The van der Waals surface area contributed by atoms with E-state index in [4.69, 9.17) is 11.6 Å². The van der Waals surface area contributed by atoms with Crippen molar-refractivity contribution in [1.82, 2.24) is 19.6 Å². The van der Waals surface area contributed by atoms with Crippen molar-refractivity contribution in [3.8, 4) is 0 Å². The van der Waals surface area contributed by atoms with Crippen LogP contribution in [-0.2, 0) is 0 Å². The lowest BCUT2D eigenvalue weighted by molar-refractivity contribution is 0.759. The SMILES string of the molecule is Bc1cn2c(C(C)C)nnc2c(Cl)n1. The lowest BCUT2D eigenvalue weighted by Gasteiger charge is -2.03. The minimum absolute atomic E-state index is 0.322. The first-order chi connectivity index (χ1) is 6.59. The molecular formula is C8H10BClN4. The zero-order chi connectivity index (χ0) is 10.3. The van der Waals surface area contributed by atoms with Crippen LogP contribution in [0.3, 0.4) is 0 Å². The van der Waals surface area contributed by atoms with Crippen molar-refractivity contribution < 1.29 is 0 Å². The molecule has 0 aliphatic rings. The maximum atomic E-state index is 5.95. The molecule has 14 heavy (non-hydrogen) atoms. The van der Waals surface area contributed by atoms with E-state index in [1.807, 2.05) is 18.4 Å². The first-order valence-corrected chi connectivity index (χ1v) is 4.85. The molecule has 2 aromatic rings. The summed E-state index contributed by atoms with van der Waals surface area (Å²) in [7, 11) is 1.90. The van der Waals surface area contributed by atoms with Gasteiger partial charge in [-0.05, 0) is 0 Å². The summed E-state index contributed by atoms with van der Waals surface area (Å²) < 4.78 is 1.90. The molecule has 0 fully saturated rings. The highest BCUT2D eigenvalue weighted by molar-refractivity contribution is 6.35. The molecule has 0 atom stereocenters. The molecule has 2 heterocycles. The standard InChI is InChI=1S/C8H10BClN4/c1-4(2)7-12-13-8-6(10)11-5(9)3-14(7)8/h3-4H,9H2,1-2H3. The normalized spacial score (nSPS) is 11.4. The average molecular weight is 208 g/mol. The van der Waals surface area contributed by atoms with Crippen molar-refractivity contribution in [3.63, 3.8) is 0 Å². The summed E-state index contributed by atoms with van der Waals surface area (Å²) in [4.78, 5) is 4.12. The summed E-state index contributed by atoms with van der Waals surface area (Å²) in [6.07, 6.45) is 1.90. The third-order valence-electron chi connectivity index (χ3n) is 2.01. The number of halogens is 1. The Morgan fingerprint density at radius 2 is 2.14 bits per heavy atom. The molecule has 2 aromatic heterocycles. The van der Waals surface area contributed by atoms with E-state index in [0.29, 0.717) is 16.7 Å². The Morgan fingerprint density at radius 1 is 1.43 bits per heavy atom. The molecule has 0 amide bonds. The van der Waals surface area contributed by atoms with Crippen LogP contribution in [0.2, 0.25) is 5.15 Å². The summed E-state index contributed by atoms with van der Waals surface area (Å²) >= 11 is 5.95. The fourth-order valence-corrected chi connectivity index (χ4v) is 1.65. The molecule has 0 N–H and O–H groups in total. The predicted octanol–water partition coefficient (Wildman–Crippen LogP) is 0.159. The largest absolute Gasteiger partial charge is 0.283 e. The van der Waals surface area contributed by atoms with Gasteiger partial charge in [-0.2, -0.15) is 0 Å². The van der Waals surface area contributed by atoms with Gasteiger partial charge in [0.1, 0.15) is 5.82 Å². The average Bonchev–Trinajstić information content (AvgIpc) is 2.47. The maximum Gasteiger partial charge on any atom is 0.198 e. The first-order valence-electron chi connectivity index (χ1n) is 4.47. The molecule has 4 nitrogen and oxygen atoms in total. The molecule has 0 aromatic carbocycles. The van der Waals surface area contributed by atoms with Crippen LogP contribution in [0.1, 0.15) is 25.6 Å². The van der Waals surface area contributed by atoms with E-state index in [1.54, 1.807) is 0 Å². The highest BCUT2D eigenvalue weighted by atomic mass is 35.5. The lowest BCUT2D eigenvalue weighted by atomic mass is 10.1.